The van der Waals surface area contributed by atoms with E-state index in [1.165, 1.54) is 32.5 Å². The highest BCUT2D eigenvalue weighted by Crippen LogP contribution is 2.27. The lowest BCUT2D eigenvalue weighted by Crippen LogP contribution is -2.18. The third-order valence-corrected chi connectivity index (χ3v) is 4.34. The van der Waals surface area contributed by atoms with Crippen LogP contribution in [-0.2, 0) is 13.2 Å². The fourth-order valence-electron chi connectivity index (χ4n) is 2.67. The van der Waals surface area contributed by atoms with E-state index in [-0.39, 0.29) is 29.2 Å². The zero-order chi connectivity index (χ0) is 21.7. The molecule has 0 radical (unpaired) electrons. The quantitative estimate of drug-likeness (QED) is 0.572. The van der Waals surface area contributed by atoms with Crippen molar-refractivity contribution in [3.05, 3.63) is 53.6 Å². The fourth-order valence-corrected chi connectivity index (χ4v) is 2.67. The summed E-state index contributed by atoms with van der Waals surface area (Å²) in [5, 5.41) is 7.31. The summed E-state index contributed by atoms with van der Waals surface area (Å²) < 4.78 is 40.8. The lowest BCUT2D eigenvalue weighted by atomic mass is 10.1. The van der Waals surface area contributed by atoms with E-state index in [4.69, 9.17) is 9.47 Å². The Bertz CT molecular complexity index is 992. The van der Waals surface area contributed by atoms with Crippen molar-refractivity contribution in [2.24, 2.45) is 0 Å². The lowest BCUT2D eigenvalue weighted by molar-refractivity contribution is 0.285. The van der Waals surface area contributed by atoms with Gasteiger partial charge in [0, 0.05) is 12.7 Å². The van der Waals surface area contributed by atoms with Gasteiger partial charge in [-0.15, -0.1) is 0 Å². The number of hydrogen-bond donors (Lipinski definition) is 1. The second-order valence-electron chi connectivity index (χ2n) is 6.95. The Morgan fingerprint density at radius 2 is 1.87 bits per heavy atom. The first kappa shape index (κ1) is 21.4. The molecule has 0 aliphatic heterocycles. The molecular formula is C20H24F2N6O2. The van der Waals surface area contributed by atoms with Gasteiger partial charge in [0.1, 0.15) is 12.4 Å². The Hall–Kier alpha value is -3.27. The first-order chi connectivity index (χ1) is 14.4. The van der Waals surface area contributed by atoms with Crippen LogP contribution in [0.1, 0.15) is 11.1 Å². The van der Waals surface area contributed by atoms with Gasteiger partial charge in [-0.3, -0.25) is 4.68 Å². The molecular weight excluding hydrogens is 394 g/mol. The van der Waals surface area contributed by atoms with E-state index in [0.29, 0.717) is 5.95 Å². The van der Waals surface area contributed by atoms with Gasteiger partial charge in [-0.1, -0.05) is 0 Å². The van der Waals surface area contributed by atoms with Crippen molar-refractivity contribution in [2.45, 2.75) is 20.1 Å². The molecule has 30 heavy (non-hydrogen) atoms. The summed E-state index contributed by atoms with van der Waals surface area (Å²) in [6, 6.07) is 1.31. The predicted molar refractivity (Wildman–Crippen MR) is 108 cm³/mol. The molecule has 10 heteroatoms. The van der Waals surface area contributed by atoms with Crippen molar-refractivity contribution in [3.8, 4) is 11.5 Å². The number of nitrogens with zero attached hydrogens (tertiary/aromatic N) is 5. The molecule has 0 bridgehead atoms. The molecule has 3 rings (SSSR count). The summed E-state index contributed by atoms with van der Waals surface area (Å²) in [5.74, 6) is -0.857. The Morgan fingerprint density at radius 1 is 1.13 bits per heavy atom. The Labute approximate surface area is 173 Å². The Morgan fingerprint density at radius 3 is 2.53 bits per heavy atom. The molecule has 0 atom stereocenters. The van der Waals surface area contributed by atoms with E-state index >= 15 is 0 Å². The number of nitrogens with one attached hydrogen (secondary N) is 1. The van der Waals surface area contributed by atoms with E-state index < -0.39 is 11.6 Å². The minimum Gasteiger partial charge on any atom is -0.494 e. The highest BCUT2D eigenvalue weighted by molar-refractivity contribution is 5.50. The smallest absolute Gasteiger partial charge is 0.227 e. The van der Waals surface area contributed by atoms with Crippen LogP contribution < -0.4 is 14.8 Å². The van der Waals surface area contributed by atoms with Crippen LogP contribution in [-0.4, -0.2) is 52.4 Å². The van der Waals surface area contributed by atoms with Gasteiger partial charge in [-0.25, -0.2) is 18.7 Å². The minimum absolute atomic E-state index is 0.0329. The second-order valence-corrected chi connectivity index (χ2v) is 6.95. The van der Waals surface area contributed by atoms with Crippen LogP contribution in [0.4, 0.5) is 20.4 Å². The number of benzene rings is 1. The van der Waals surface area contributed by atoms with Crippen molar-refractivity contribution in [3.63, 3.8) is 0 Å². The van der Waals surface area contributed by atoms with Gasteiger partial charge in [-0.2, -0.15) is 5.10 Å². The summed E-state index contributed by atoms with van der Waals surface area (Å²) in [5.41, 5.74) is 0.811. The maximum Gasteiger partial charge on any atom is 0.227 e. The van der Waals surface area contributed by atoms with E-state index in [1.54, 1.807) is 6.20 Å². The molecule has 0 spiro atoms. The van der Waals surface area contributed by atoms with Crippen molar-refractivity contribution < 1.29 is 18.3 Å². The van der Waals surface area contributed by atoms with Crippen LogP contribution in [0, 0.1) is 18.6 Å². The van der Waals surface area contributed by atoms with Crippen LogP contribution in [0.5, 0.6) is 11.5 Å². The van der Waals surface area contributed by atoms with Crippen LogP contribution in [0.15, 0.2) is 30.9 Å². The molecule has 1 N–H and O–H groups in total. The molecule has 8 nitrogen and oxygen atoms in total. The number of anilines is 2. The standard InChI is InChI=1S/C20H24F2N6O2/c1-13-7-17(29-4)19(22)16(18(13)21)12-30-15-9-23-20(24-10-15)26-14-8-25-28(11-14)6-5-27(2)3/h7-11H,5-6,12H2,1-4H3,(H,23,24,26). The van der Waals surface area contributed by atoms with Crippen LogP contribution >= 0.6 is 0 Å². The van der Waals surface area contributed by atoms with E-state index in [2.05, 4.69) is 25.3 Å². The largest absolute Gasteiger partial charge is 0.494 e. The maximum atomic E-state index is 14.3. The number of hydrogen-bond acceptors (Lipinski definition) is 7. The van der Waals surface area contributed by atoms with Crippen LogP contribution in [0.2, 0.25) is 0 Å². The average Bonchev–Trinajstić information content (AvgIpc) is 3.17. The number of rotatable bonds is 9. The topological polar surface area (TPSA) is 77.3 Å². The van der Waals surface area contributed by atoms with E-state index in [1.807, 2.05) is 25.0 Å². The molecule has 0 saturated heterocycles. The molecule has 2 aromatic heterocycles. The number of ether oxygens (including phenoxy) is 2. The molecule has 0 aliphatic carbocycles. The molecule has 0 aliphatic rings. The third-order valence-electron chi connectivity index (χ3n) is 4.34. The molecule has 0 unspecified atom stereocenters. The third kappa shape index (κ3) is 5.20. The zero-order valence-electron chi connectivity index (χ0n) is 17.3. The minimum atomic E-state index is -0.786. The van der Waals surface area contributed by atoms with Crippen molar-refractivity contribution >= 4 is 11.6 Å². The molecule has 160 valence electrons. The summed E-state index contributed by atoms with van der Waals surface area (Å²) in [6.45, 7) is 2.86. The van der Waals surface area contributed by atoms with E-state index in [9.17, 15) is 8.78 Å². The highest BCUT2D eigenvalue weighted by Gasteiger charge is 2.18. The number of likely N-dealkylation sites (N-methyl/N-ethyl adjacent to an activating group) is 1. The van der Waals surface area contributed by atoms with Gasteiger partial charge in [0.2, 0.25) is 5.95 Å². The fraction of sp³-hybridized carbons (Fsp3) is 0.350. The van der Waals surface area contributed by atoms with Crippen molar-refractivity contribution in [1.82, 2.24) is 24.6 Å². The summed E-state index contributed by atoms with van der Waals surface area (Å²) in [4.78, 5) is 10.4. The SMILES string of the molecule is COc1cc(C)c(F)c(COc2cnc(Nc3cnn(CCN(C)C)c3)nc2)c1F. The zero-order valence-corrected chi connectivity index (χ0v) is 17.3. The highest BCUT2D eigenvalue weighted by atomic mass is 19.1. The summed E-state index contributed by atoms with van der Waals surface area (Å²) in [6.07, 6.45) is 6.39. The molecule has 3 aromatic rings. The molecule has 2 heterocycles. The number of methoxy groups -OCH3 is 1. The number of aromatic nitrogens is 4. The molecule has 1 aromatic carbocycles. The van der Waals surface area contributed by atoms with Crippen LogP contribution in [0.3, 0.4) is 0 Å². The van der Waals surface area contributed by atoms with Gasteiger partial charge in [0.05, 0.1) is 43.5 Å². The lowest BCUT2D eigenvalue weighted by Gasteiger charge is -2.12. The van der Waals surface area contributed by atoms with Crippen LogP contribution in [0.25, 0.3) is 0 Å². The first-order valence-corrected chi connectivity index (χ1v) is 9.28. The van der Waals surface area contributed by atoms with Gasteiger partial charge in [0.15, 0.2) is 17.3 Å². The number of aryl methyl sites for hydroxylation is 1. The summed E-state index contributed by atoms with van der Waals surface area (Å²) in [7, 11) is 5.32. The Kier molecular flexibility index (Phi) is 6.78. The van der Waals surface area contributed by atoms with Gasteiger partial charge in [0.25, 0.3) is 0 Å². The second kappa shape index (κ2) is 9.49. The summed E-state index contributed by atoms with van der Waals surface area (Å²) >= 11 is 0. The van der Waals surface area contributed by atoms with Gasteiger partial charge < -0.3 is 19.7 Å². The monoisotopic (exact) mass is 418 g/mol. The average molecular weight is 418 g/mol. The Balaban J connectivity index is 1.61. The molecule has 0 amide bonds. The maximum absolute atomic E-state index is 14.3. The molecule has 0 saturated carbocycles. The number of halogens is 2. The van der Waals surface area contributed by atoms with Crippen molar-refractivity contribution in [2.75, 3.05) is 33.1 Å². The molecule has 0 fully saturated rings. The van der Waals surface area contributed by atoms with Crippen molar-refractivity contribution in [1.29, 1.82) is 0 Å². The first-order valence-electron chi connectivity index (χ1n) is 9.28. The van der Waals surface area contributed by atoms with E-state index in [0.717, 1.165) is 18.8 Å². The van der Waals surface area contributed by atoms with Gasteiger partial charge in [-0.05, 0) is 32.6 Å². The van der Waals surface area contributed by atoms with Gasteiger partial charge >= 0.3 is 0 Å². The normalized spacial score (nSPS) is 11.0. The predicted octanol–water partition coefficient (Wildman–Crippen LogP) is 3.15.